The Morgan fingerprint density at radius 3 is 2.32 bits per heavy atom. The minimum absolute atomic E-state index is 0.335. The maximum atomic E-state index is 12.8. The number of aromatic nitrogens is 2. The molecule has 0 aliphatic rings. The molecule has 0 atom stereocenters. The standard InChI is InChI=1S/C31H34N2O4/c1-7-10-27-32-28-20(2)17-23(29(34)36-6)18-26(28)33(27)19-21-13-15-22(16-14-21)24-11-8-9-12-25(24)30(35)37-31(3,4)5/h8-9,11-18H,7,10,19H2,1-6H3. The molecule has 3 aromatic carbocycles. The molecule has 1 heterocycles. The minimum Gasteiger partial charge on any atom is -0.465 e. The van der Waals surface area contributed by atoms with Gasteiger partial charge in [0.15, 0.2) is 0 Å². The van der Waals surface area contributed by atoms with E-state index in [0.29, 0.717) is 17.7 Å². The summed E-state index contributed by atoms with van der Waals surface area (Å²) in [5.74, 6) is 0.294. The fourth-order valence-electron chi connectivity index (χ4n) is 4.49. The number of hydrogen-bond donors (Lipinski definition) is 0. The SMILES string of the molecule is CCCc1nc2c(C)cc(C(=O)OC)cc2n1Cc1ccc(-c2ccccc2C(=O)OC(C)(C)C)cc1. The molecule has 192 valence electrons. The molecule has 4 rings (SSSR count). The molecule has 0 aliphatic heterocycles. The van der Waals surface area contributed by atoms with E-state index in [4.69, 9.17) is 14.5 Å². The summed E-state index contributed by atoms with van der Waals surface area (Å²) in [6.07, 6.45) is 1.80. The topological polar surface area (TPSA) is 70.4 Å². The normalized spacial score (nSPS) is 11.5. The first kappa shape index (κ1) is 26.1. The van der Waals surface area contributed by atoms with Crippen molar-refractivity contribution in [2.75, 3.05) is 7.11 Å². The number of rotatable bonds is 7. The number of imidazole rings is 1. The molecule has 6 heteroatoms. The third kappa shape index (κ3) is 5.74. The summed E-state index contributed by atoms with van der Waals surface area (Å²) in [5, 5.41) is 0. The average molecular weight is 499 g/mol. The van der Waals surface area contributed by atoms with Gasteiger partial charge in [0.05, 0.1) is 29.3 Å². The Kier molecular flexibility index (Phi) is 7.48. The number of benzene rings is 3. The van der Waals surface area contributed by atoms with Crippen molar-refractivity contribution in [3.8, 4) is 11.1 Å². The van der Waals surface area contributed by atoms with Crippen LogP contribution < -0.4 is 0 Å². The molecular formula is C31H34N2O4. The van der Waals surface area contributed by atoms with E-state index < -0.39 is 5.60 Å². The van der Waals surface area contributed by atoms with Gasteiger partial charge in [0.25, 0.3) is 0 Å². The molecule has 4 aromatic rings. The second kappa shape index (κ2) is 10.6. The Labute approximate surface area is 218 Å². The van der Waals surface area contributed by atoms with Crippen LogP contribution in [0.3, 0.4) is 0 Å². The summed E-state index contributed by atoms with van der Waals surface area (Å²) in [6.45, 7) is 10.3. The number of fused-ring (bicyclic) bond motifs is 1. The molecule has 0 fully saturated rings. The van der Waals surface area contributed by atoms with E-state index >= 15 is 0 Å². The molecule has 0 unspecified atom stereocenters. The van der Waals surface area contributed by atoms with Crippen molar-refractivity contribution in [2.24, 2.45) is 0 Å². The molecule has 0 aliphatic carbocycles. The zero-order valence-electron chi connectivity index (χ0n) is 22.4. The van der Waals surface area contributed by atoms with Crippen LogP contribution in [0.4, 0.5) is 0 Å². The number of carbonyl (C=O) groups is 2. The monoisotopic (exact) mass is 498 g/mol. The number of carbonyl (C=O) groups excluding carboxylic acids is 2. The molecule has 37 heavy (non-hydrogen) atoms. The number of ether oxygens (including phenoxy) is 2. The first-order valence-electron chi connectivity index (χ1n) is 12.6. The maximum Gasteiger partial charge on any atom is 0.339 e. The lowest BCUT2D eigenvalue weighted by molar-refractivity contribution is 0.00702. The second-order valence-corrected chi connectivity index (χ2v) is 10.3. The van der Waals surface area contributed by atoms with Crippen LogP contribution in [0.5, 0.6) is 0 Å². The summed E-state index contributed by atoms with van der Waals surface area (Å²) < 4.78 is 12.8. The lowest BCUT2D eigenvalue weighted by atomic mass is 9.98. The van der Waals surface area contributed by atoms with Crippen LogP contribution in [0.15, 0.2) is 60.7 Å². The Hall–Kier alpha value is -3.93. The highest BCUT2D eigenvalue weighted by molar-refractivity contribution is 5.97. The molecule has 0 radical (unpaired) electrons. The van der Waals surface area contributed by atoms with Gasteiger partial charge < -0.3 is 14.0 Å². The van der Waals surface area contributed by atoms with Gasteiger partial charge in [-0.2, -0.15) is 0 Å². The van der Waals surface area contributed by atoms with E-state index in [-0.39, 0.29) is 11.9 Å². The average Bonchev–Trinajstić information content (AvgIpc) is 3.20. The predicted molar refractivity (Wildman–Crippen MR) is 146 cm³/mol. The lowest BCUT2D eigenvalue weighted by Crippen LogP contribution is -2.24. The van der Waals surface area contributed by atoms with Crippen LogP contribution in [0, 0.1) is 6.92 Å². The van der Waals surface area contributed by atoms with Crippen molar-refractivity contribution in [1.82, 2.24) is 9.55 Å². The highest BCUT2D eigenvalue weighted by Crippen LogP contribution is 2.28. The first-order chi connectivity index (χ1) is 17.6. The van der Waals surface area contributed by atoms with Crippen LogP contribution in [-0.2, 0) is 22.4 Å². The van der Waals surface area contributed by atoms with E-state index in [1.807, 2.05) is 70.2 Å². The third-order valence-corrected chi connectivity index (χ3v) is 6.17. The largest absolute Gasteiger partial charge is 0.465 e. The fourth-order valence-corrected chi connectivity index (χ4v) is 4.49. The van der Waals surface area contributed by atoms with Gasteiger partial charge in [0.1, 0.15) is 11.4 Å². The van der Waals surface area contributed by atoms with E-state index in [1.54, 1.807) is 6.07 Å². The predicted octanol–water partition coefficient (Wildman–Crippen LogP) is 6.75. The van der Waals surface area contributed by atoms with Crippen molar-refractivity contribution in [1.29, 1.82) is 0 Å². The smallest absolute Gasteiger partial charge is 0.339 e. The Morgan fingerprint density at radius 2 is 1.68 bits per heavy atom. The number of esters is 2. The number of methoxy groups -OCH3 is 1. The van der Waals surface area contributed by atoms with Crippen LogP contribution in [0.1, 0.15) is 71.8 Å². The van der Waals surface area contributed by atoms with Gasteiger partial charge in [-0.25, -0.2) is 14.6 Å². The van der Waals surface area contributed by atoms with Gasteiger partial charge in [0.2, 0.25) is 0 Å². The lowest BCUT2D eigenvalue weighted by Gasteiger charge is -2.20. The van der Waals surface area contributed by atoms with Crippen LogP contribution >= 0.6 is 0 Å². The van der Waals surface area contributed by atoms with Crippen molar-refractivity contribution in [3.63, 3.8) is 0 Å². The first-order valence-corrected chi connectivity index (χ1v) is 12.6. The van der Waals surface area contributed by atoms with Gasteiger partial charge in [0, 0.05) is 13.0 Å². The summed E-state index contributed by atoms with van der Waals surface area (Å²) in [7, 11) is 1.39. The van der Waals surface area contributed by atoms with Crippen LogP contribution in [-0.4, -0.2) is 34.2 Å². The summed E-state index contributed by atoms with van der Waals surface area (Å²) in [5.41, 5.74) is 6.14. The third-order valence-electron chi connectivity index (χ3n) is 6.17. The van der Waals surface area contributed by atoms with Gasteiger partial charge >= 0.3 is 11.9 Å². The van der Waals surface area contributed by atoms with Gasteiger partial charge in [-0.3, -0.25) is 0 Å². The van der Waals surface area contributed by atoms with Crippen LogP contribution in [0.2, 0.25) is 0 Å². The number of nitrogens with zero attached hydrogens (tertiary/aromatic N) is 2. The zero-order chi connectivity index (χ0) is 26.7. The van der Waals surface area contributed by atoms with Crippen molar-refractivity contribution in [2.45, 2.75) is 59.6 Å². The van der Waals surface area contributed by atoms with E-state index in [1.165, 1.54) is 7.11 Å². The second-order valence-electron chi connectivity index (χ2n) is 10.3. The number of aryl methyl sites for hydroxylation is 2. The van der Waals surface area contributed by atoms with E-state index in [9.17, 15) is 9.59 Å². The Balaban J connectivity index is 1.69. The highest BCUT2D eigenvalue weighted by atomic mass is 16.6. The number of hydrogen-bond acceptors (Lipinski definition) is 5. The van der Waals surface area contributed by atoms with Gasteiger partial charge in [-0.05, 0) is 74.6 Å². The van der Waals surface area contributed by atoms with Crippen molar-refractivity contribution >= 4 is 23.0 Å². The maximum absolute atomic E-state index is 12.8. The molecular weight excluding hydrogens is 464 g/mol. The van der Waals surface area contributed by atoms with Gasteiger partial charge in [-0.1, -0.05) is 49.4 Å². The highest BCUT2D eigenvalue weighted by Gasteiger charge is 2.21. The molecule has 0 spiro atoms. The molecule has 1 aromatic heterocycles. The minimum atomic E-state index is -0.566. The molecule has 0 saturated heterocycles. The van der Waals surface area contributed by atoms with Crippen molar-refractivity contribution in [3.05, 3.63) is 88.7 Å². The molecule has 6 nitrogen and oxygen atoms in total. The van der Waals surface area contributed by atoms with E-state index in [0.717, 1.165) is 52.0 Å². The zero-order valence-corrected chi connectivity index (χ0v) is 22.4. The van der Waals surface area contributed by atoms with Crippen LogP contribution in [0.25, 0.3) is 22.2 Å². The van der Waals surface area contributed by atoms with E-state index in [2.05, 4.69) is 23.6 Å². The Morgan fingerprint density at radius 1 is 0.973 bits per heavy atom. The Bertz CT molecular complexity index is 1440. The van der Waals surface area contributed by atoms with Crippen molar-refractivity contribution < 1.29 is 19.1 Å². The molecule has 0 amide bonds. The summed E-state index contributed by atoms with van der Waals surface area (Å²) >= 11 is 0. The van der Waals surface area contributed by atoms with Gasteiger partial charge in [-0.15, -0.1) is 0 Å². The molecule has 0 saturated carbocycles. The summed E-state index contributed by atoms with van der Waals surface area (Å²) in [6, 6.07) is 19.4. The molecule has 0 N–H and O–H groups in total. The summed E-state index contributed by atoms with van der Waals surface area (Å²) in [4.78, 5) is 30.0. The molecule has 0 bridgehead atoms. The fraction of sp³-hybridized carbons (Fsp3) is 0.323. The quantitative estimate of drug-likeness (QED) is 0.264.